The number of benzene rings is 1. The molecule has 0 saturated carbocycles. The summed E-state index contributed by atoms with van der Waals surface area (Å²) in [6.45, 7) is 4.55. The maximum atomic E-state index is 14.4. The van der Waals surface area contributed by atoms with Crippen molar-refractivity contribution in [1.29, 1.82) is 0 Å². The highest BCUT2D eigenvalue weighted by molar-refractivity contribution is 7.90. The molecule has 0 spiro atoms. The Morgan fingerprint density at radius 3 is 2.45 bits per heavy atom. The number of pyridine rings is 3. The van der Waals surface area contributed by atoms with Crippen LogP contribution in [0, 0.1) is 11.7 Å². The first-order valence-corrected chi connectivity index (χ1v) is 14.2. The standard InChI is InChI=1S/C29H29FN4O5S/c1-20(2)19-39-24-17-21(16-22(30)18-24)26-12-11-25(28(35)34-40(36,37)27-10-4-6-14-32-27)29(33-26)38-15-7-9-23-8-3-5-13-31-23/h3-6,8,10-14,16-18,20H,7,9,15,19H2,1-2H3,(H,34,35). The Balaban J connectivity index is 1.60. The van der Waals surface area contributed by atoms with Gasteiger partial charge in [0.15, 0.2) is 5.03 Å². The summed E-state index contributed by atoms with van der Waals surface area (Å²) in [6, 6.07) is 17.0. The fourth-order valence-corrected chi connectivity index (χ4v) is 4.56. The predicted octanol–water partition coefficient (Wildman–Crippen LogP) is 4.84. The molecule has 3 heterocycles. The van der Waals surface area contributed by atoms with E-state index in [4.69, 9.17) is 9.47 Å². The van der Waals surface area contributed by atoms with E-state index in [0.29, 0.717) is 36.5 Å². The van der Waals surface area contributed by atoms with Gasteiger partial charge in [-0.1, -0.05) is 26.0 Å². The average Bonchev–Trinajstić information content (AvgIpc) is 2.94. The average molecular weight is 565 g/mol. The van der Waals surface area contributed by atoms with Crippen molar-refractivity contribution in [2.75, 3.05) is 13.2 Å². The van der Waals surface area contributed by atoms with Gasteiger partial charge >= 0.3 is 0 Å². The Hall–Kier alpha value is -4.38. The Morgan fingerprint density at radius 1 is 0.975 bits per heavy atom. The summed E-state index contributed by atoms with van der Waals surface area (Å²) in [5, 5.41) is -0.306. The monoisotopic (exact) mass is 564 g/mol. The number of nitrogens with one attached hydrogen (secondary N) is 1. The largest absolute Gasteiger partial charge is 0.493 e. The molecule has 0 radical (unpaired) electrons. The Morgan fingerprint density at radius 2 is 1.75 bits per heavy atom. The minimum absolute atomic E-state index is 0.0962. The summed E-state index contributed by atoms with van der Waals surface area (Å²) in [4.78, 5) is 25.6. The second-order valence-electron chi connectivity index (χ2n) is 9.31. The summed E-state index contributed by atoms with van der Waals surface area (Å²) in [7, 11) is -4.24. The maximum absolute atomic E-state index is 14.4. The quantitative estimate of drug-likeness (QED) is 0.243. The van der Waals surface area contributed by atoms with Crippen molar-refractivity contribution >= 4 is 15.9 Å². The number of aromatic nitrogens is 3. The van der Waals surface area contributed by atoms with Gasteiger partial charge in [-0.25, -0.2) is 19.1 Å². The van der Waals surface area contributed by atoms with E-state index >= 15 is 0 Å². The number of hydrogen-bond acceptors (Lipinski definition) is 8. The minimum atomic E-state index is -4.24. The van der Waals surface area contributed by atoms with Gasteiger partial charge in [0.2, 0.25) is 5.88 Å². The number of hydrogen-bond donors (Lipinski definition) is 1. The van der Waals surface area contributed by atoms with E-state index in [9.17, 15) is 17.6 Å². The Kier molecular flexibility index (Phi) is 9.39. The topological polar surface area (TPSA) is 120 Å². The highest BCUT2D eigenvalue weighted by Gasteiger charge is 2.23. The summed E-state index contributed by atoms with van der Waals surface area (Å²) in [5.41, 5.74) is 1.50. The van der Waals surface area contributed by atoms with E-state index in [2.05, 4.69) is 15.0 Å². The van der Waals surface area contributed by atoms with Crippen molar-refractivity contribution < 1.29 is 27.1 Å². The second kappa shape index (κ2) is 13.1. The molecule has 0 fully saturated rings. The lowest BCUT2D eigenvalue weighted by Crippen LogP contribution is -2.31. The maximum Gasteiger partial charge on any atom is 0.281 e. The third kappa shape index (κ3) is 7.82. The Bertz CT molecular complexity index is 1550. The second-order valence-corrected chi connectivity index (χ2v) is 10.9. The van der Waals surface area contributed by atoms with Crippen LogP contribution in [-0.4, -0.2) is 42.5 Å². The van der Waals surface area contributed by atoms with Crippen LogP contribution < -0.4 is 14.2 Å². The van der Waals surface area contributed by atoms with E-state index in [0.717, 1.165) is 5.69 Å². The van der Waals surface area contributed by atoms with Crippen LogP contribution in [0.3, 0.4) is 0 Å². The van der Waals surface area contributed by atoms with Crippen LogP contribution in [0.15, 0.2) is 84.1 Å². The fraction of sp³-hybridized carbons (Fsp3) is 0.241. The molecule has 0 atom stereocenters. The van der Waals surface area contributed by atoms with E-state index in [1.807, 2.05) is 36.8 Å². The van der Waals surface area contributed by atoms with Gasteiger partial charge in [-0.2, -0.15) is 8.42 Å². The van der Waals surface area contributed by atoms with Crippen molar-refractivity contribution in [3.63, 3.8) is 0 Å². The Labute approximate surface area is 232 Å². The van der Waals surface area contributed by atoms with Crippen LogP contribution in [0.4, 0.5) is 4.39 Å². The molecule has 0 unspecified atom stereocenters. The highest BCUT2D eigenvalue weighted by Crippen LogP contribution is 2.28. The van der Waals surface area contributed by atoms with Crippen LogP contribution in [0.1, 0.15) is 36.3 Å². The number of carbonyl (C=O) groups is 1. The van der Waals surface area contributed by atoms with Gasteiger partial charge in [0.05, 0.1) is 18.9 Å². The number of sulfonamides is 1. The molecule has 0 aliphatic heterocycles. The lowest BCUT2D eigenvalue weighted by molar-refractivity contribution is 0.0976. The van der Waals surface area contributed by atoms with Gasteiger partial charge in [0.1, 0.15) is 17.1 Å². The first-order valence-electron chi connectivity index (χ1n) is 12.7. The van der Waals surface area contributed by atoms with Crippen molar-refractivity contribution in [3.8, 4) is 22.9 Å². The zero-order valence-corrected chi connectivity index (χ0v) is 22.9. The normalized spacial score (nSPS) is 11.3. The van der Waals surface area contributed by atoms with Gasteiger partial charge in [0, 0.05) is 29.7 Å². The number of aryl methyl sites for hydroxylation is 1. The fourth-order valence-electron chi connectivity index (χ4n) is 3.64. The SMILES string of the molecule is CC(C)COc1cc(F)cc(-c2ccc(C(=O)NS(=O)(=O)c3ccccn3)c(OCCCc3ccccn3)n2)c1. The zero-order chi connectivity index (χ0) is 28.5. The predicted molar refractivity (Wildman–Crippen MR) is 147 cm³/mol. The molecule has 11 heteroatoms. The summed E-state index contributed by atoms with van der Waals surface area (Å²) < 4.78 is 53.4. The first kappa shape index (κ1) is 28.6. The number of carbonyl (C=O) groups excluding carboxylic acids is 1. The molecule has 0 bridgehead atoms. The molecule has 4 aromatic rings. The van der Waals surface area contributed by atoms with Gasteiger partial charge in [0.25, 0.3) is 15.9 Å². The van der Waals surface area contributed by atoms with E-state index in [1.54, 1.807) is 18.3 Å². The molecule has 3 aromatic heterocycles. The molecule has 0 aliphatic rings. The number of halogens is 1. The minimum Gasteiger partial charge on any atom is -0.493 e. The van der Waals surface area contributed by atoms with Crippen molar-refractivity contribution in [2.45, 2.75) is 31.7 Å². The van der Waals surface area contributed by atoms with Crippen LogP contribution in [0.2, 0.25) is 0 Å². The molecule has 40 heavy (non-hydrogen) atoms. The molecular weight excluding hydrogens is 535 g/mol. The van der Waals surface area contributed by atoms with Crippen LogP contribution >= 0.6 is 0 Å². The number of nitrogens with zero attached hydrogens (tertiary/aromatic N) is 3. The third-order valence-corrected chi connectivity index (χ3v) is 6.78. The van der Waals surface area contributed by atoms with Gasteiger partial charge in [-0.3, -0.25) is 9.78 Å². The van der Waals surface area contributed by atoms with E-state index in [-0.39, 0.29) is 29.0 Å². The van der Waals surface area contributed by atoms with Gasteiger partial charge < -0.3 is 9.47 Å². The molecule has 0 saturated heterocycles. The van der Waals surface area contributed by atoms with Crippen LogP contribution in [0.25, 0.3) is 11.3 Å². The highest BCUT2D eigenvalue weighted by atomic mass is 32.2. The molecule has 1 amide bonds. The number of amides is 1. The molecule has 4 rings (SSSR count). The van der Waals surface area contributed by atoms with Crippen LogP contribution in [0.5, 0.6) is 11.6 Å². The summed E-state index contributed by atoms with van der Waals surface area (Å²) in [6.07, 6.45) is 4.19. The molecule has 9 nitrogen and oxygen atoms in total. The first-order chi connectivity index (χ1) is 19.2. The van der Waals surface area contributed by atoms with Gasteiger partial charge in [-0.15, -0.1) is 0 Å². The zero-order valence-electron chi connectivity index (χ0n) is 22.1. The van der Waals surface area contributed by atoms with Crippen molar-refractivity contribution in [2.24, 2.45) is 5.92 Å². The number of ether oxygens (including phenoxy) is 2. The van der Waals surface area contributed by atoms with Crippen molar-refractivity contribution in [3.05, 3.63) is 96.2 Å². The molecule has 208 valence electrons. The lowest BCUT2D eigenvalue weighted by atomic mass is 10.1. The molecular formula is C29H29FN4O5S. The summed E-state index contributed by atoms with van der Waals surface area (Å²) in [5.74, 6) is -0.965. The number of rotatable bonds is 12. The van der Waals surface area contributed by atoms with Crippen LogP contribution in [-0.2, 0) is 16.4 Å². The van der Waals surface area contributed by atoms with E-state index < -0.39 is 21.7 Å². The molecule has 0 aliphatic carbocycles. The van der Waals surface area contributed by atoms with E-state index in [1.165, 1.54) is 42.6 Å². The summed E-state index contributed by atoms with van der Waals surface area (Å²) >= 11 is 0. The van der Waals surface area contributed by atoms with Gasteiger partial charge in [-0.05, 0) is 67.3 Å². The van der Waals surface area contributed by atoms with Crippen molar-refractivity contribution in [1.82, 2.24) is 19.7 Å². The molecule has 1 N–H and O–H groups in total. The molecule has 1 aromatic carbocycles. The third-order valence-electron chi connectivity index (χ3n) is 5.54. The smallest absolute Gasteiger partial charge is 0.281 e. The lowest BCUT2D eigenvalue weighted by Gasteiger charge is -2.14.